The maximum Gasteiger partial charge on any atom is 0.248 e. The van der Waals surface area contributed by atoms with E-state index in [1.54, 1.807) is 6.08 Å². The van der Waals surface area contributed by atoms with Gasteiger partial charge in [0.25, 0.3) is 0 Å². The molecule has 0 aromatic carbocycles. The summed E-state index contributed by atoms with van der Waals surface area (Å²) >= 11 is 0. The summed E-state index contributed by atoms with van der Waals surface area (Å²) in [5, 5.41) is 0. The molecule has 0 unspecified atom stereocenters. The second-order valence-corrected chi connectivity index (χ2v) is 3.86. The fourth-order valence-electron chi connectivity index (χ4n) is 1.28. The predicted molar refractivity (Wildman–Crippen MR) is 65.7 cm³/mol. The Balaban J connectivity index is 3.55. The molecule has 0 radical (unpaired) electrons. The van der Waals surface area contributed by atoms with Crippen LogP contribution in [-0.4, -0.2) is 11.3 Å². The number of allylic oxidation sites excluding steroid dienone is 3. The van der Waals surface area contributed by atoms with Crippen LogP contribution in [0.25, 0.3) is 0 Å². The van der Waals surface area contributed by atoms with Crippen LogP contribution < -0.4 is 0 Å². The highest BCUT2D eigenvalue weighted by molar-refractivity contribution is 5.03. The van der Waals surface area contributed by atoms with E-state index in [1.807, 2.05) is 19.9 Å². The number of hydrogen-bond donors (Lipinski definition) is 0. The first-order valence-corrected chi connectivity index (χ1v) is 5.48. The van der Waals surface area contributed by atoms with Crippen LogP contribution in [0.4, 0.5) is 0 Å². The standard InChI is InChI=1S/C13H22NO/c1-5-9-13(4)14(15)11-8-6-7-10-12(2)3/h5,9H,2,4,6-8,10-11H2,1,3H3/q+1/b9-5-. The van der Waals surface area contributed by atoms with E-state index in [0.29, 0.717) is 12.2 Å². The molecule has 0 fully saturated rings. The molecule has 0 aromatic rings. The molecule has 0 aromatic heterocycles. The summed E-state index contributed by atoms with van der Waals surface area (Å²) in [4.78, 5) is 11.4. The van der Waals surface area contributed by atoms with Crippen LogP contribution in [0.15, 0.2) is 36.6 Å². The zero-order valence-electron chi connectivity index (χ0n) is 9.96. The molecule has 0 aliphatic carbocycles. The van der Waals surface area contributed by atoms with E-state index in [9.17, 15) is 4.91 Å². The minimum absolute atomic E-state index is 0.539. The summed E-state index contributed by atoms with van der Waals surface area (Å²) in [6.07, 6.45) is 7.76. The van der Waals surface area contributed by atoms with Crippen LogP contribution in [0, 0.1) is 4.91 Å². The first kappa shape index (κ1) is 13.8. The number of hydrogen-bond acceptors (Lipinski definition) is 1. The Kier molecular flexibility index (Phi) is 7.51. The van der Waals surface area contributed by atoms with Crippen molar-refractivity contribution in [1.82, 2.24) is 0 Å². The van der Waals surface area contributed by atoms with Gasteiger partial charge in [-0.2, -0.15) is 0 Å². The Morgan fingerprint density at radius 3 is 2.47 bits per heavy atom. The molecule has 0 aliphatic rings. The average molecular weight is 208 g/mol. The van der Waals surface area contributed by atoms with Crippen LogP contribution in [0.2, 0.25) is 0 Å². The molecule has 2 heteroatoms. The Labute approximate surface area is 93.0 Å². The normalized spacial score (nSPS) is 10.5. The van der Waals surface area contributed by atoms with Gasteiger partial charge in [-0.15, -0.1) is 6.58 Å². The number of nitroso groups, excluding NO2 is 1. The topological polar surface area (TPSA) is 20.1 Å². The van der Waals surface area contributed by atoms with Gasteiger partial charge in [0, 0.05) is 22.2 Å². The quantitative estimate of drug-likeness (QED) is 0.255. The van der Waals surface area contributed by atoms with Gasteiger partial charge >= 0.3 is 0 Å². The molecular weight excluding hydrogens is 186 g/mol. The zero-order valence-corrected chi connectivity index (χ0v) is 9.96. The monoisotopic (exact) mass is 208 g/mol. The summed E-state index contributed by atoms with van der Waals surface area (Å²) < 4.78 is 0.959. The molecule has 0 N–H and O–H groups in total. The Morgan fingerprint density at radius 2 is 1.93 bits per heavy atom. The first-order chi connectivity index (χ1) is 7.07. The molecule has 0 spiro atoms. The van der Waals surface area contributed by atoms with Crippen molar-refractivity contribution in [2.24, 2.45) is 0 Å². The summed E-state index contributed by atoms with van der Waals surface area (Å²) in [6, 6.07) is 0. The summed E-state index contributed by atoms with van der Waals surface area (Å²) in [6.45, 7) is 12.0. The lowest BCUT2D eigenvalue weighted by atomic mass is 10.1. The van der Waals surface area contributed by atoms with Crippen molar-refractivity contribution >= 4 is 0 Å². The second-order valence-electron chi connectivity index (χ2n) is 3.86. The van der Waals surface area contributed by atoms with Crippen molar-refractivity contribution in [2.75, 3.05) is 6.54 Å². The Morgan fingerprint density at radius 1 is 1.27 bits per heavy atom. The third-order valence-corrected chi connectivity index (χ3v) is 2.14. The molecule has 15 heavy (non-hydrogen) atoms. The van der Waals surface area contributed by atoms with Gasteiger partial charge in [-0.3, -0.25) is 0 Å². The van der Waals surface area contributed by atoms with Crippen molar-refractivity contribution in [3.05, 3.63) is 41.5 Å². The number of nitrogens with zero attached hydrogens (tertiary/aromatic N) is 1. The van der Waals surface area contributed by atoms with Gasteiger partial charge in [0.15, 0.2) is 6.54 Å². The molecule has 0 saturated heterocycles. The van der Waals surface area contributed by atoms with Crippen molar-refractivity contribution in [3.8, 4) is 0 Å². The summed E-state index contributed by atoms with van der Waals surface area (Å²) in [7, 11) is 0. The molecule has 84 valence electrons. The third-order valence-electron chi connectivity index (χ3n) is 2.14. The molecule has 2 nitrogen and oxygen atoms in total. The molecule has 0 amide bonds. The zero-order chi connectivity index (χ0) is 11.7. The van der Waals surface area contributed by atoms with E-state index >= 15 is 0 Å². The lowest BCUT2D eigenvalue weighted by molar-refractivity contribution is -0.494. The van der Waals surface area contributed by atoms with Crippen LogP contribution in [-0.2, 0) is 0 Å². The van der Waals surface area contributed by atoms with E-state index in [2.05, 4.69) is 13.2 Å². The van der Waals surface area contributed by atoms with Gasteiger partial charge < -0.3 is 0 Å². The summed E-state index contributed by atoms with van der Waals surface area (Å²) in [5.41, 5.74) is 1.75. The van der Waals surface area contributed by atoms with E-state index < -0.39 is 0 Å². The van der Waals surface area contributed by atoms with E-state index in [1.165, 1.54) is 5.57 Å². The van der Waals surface area contributed by atoms with Crippen molar-refractivity contribution in [3.63, 3.8) is 0 Å². The van der Waals surface area contributed by atoms with Crippen molar-refractivity contribution in [1.29, 1.82) is 0 Å². The van der Waals surface area contributed by atoms with E-state index in [-0.39, 0.29) is 0 Å². The molecule has 0 rings (SSSR count). The second kappa shape index (κ2) is 8.16. The number of unbranched alkanes of at least 4 members (excludes halogenated alkanes) is 2. The van der Waals surface area contributed by atoms with Gasteiger partial charge in [0.2, 0.25) is 5.70 Å². The predicted octanol–water partition coefficient (Wildman–Crippen LogP) is 3.99. The Bertz CT molecular complexity index is 264. The minimum atomic E-state index is 0.539. The van der Waals surface area contributed by atoms with Crippen LogP contribution >= 0.6 is 0 Å². The highest BCUT2D eigenvalue weighted by atomic mass is 16.3. The largest absolute Gasteiger partial charge is 0.248 e. The minimum Gasteiger partial charge on any atom is -0.100 e. The number of rotatable bonds is 8. The fraction of sp³-hybridized carbons (Fsp3) is 0.538. The maximum absolute atomic E-state index is 11.4. The van der Waals surface area contributed by atoms with Crippen molar-refractivity contribution < 1.29 is 4.76 Å². The summed E-state index contributed by atoms with van der Waals surface area (Å²) in [5.74, 6) is 0. The van der Waals surface area contributed by atoms with E-state index in [4.69, 9.17) is 0 Å². The van der Waals surface area contributed by atoms with Crippen LogP contribution in [0.3, 0.4) is 0 Å². The van der Waals surface area contributed by atoms with Gasteiger partial charge in [-0.05, 0) is 39.7 Å². The lowest BCUT2D eigenvalue weighted by Gasteiger charge is -1.97. The average Bonchev–Trinajstić information content (AvgIpc) is 2.16. The molecule has 0 saturated carbocycles. The first-order valence-electron chi connectivity index (χ1n) is 5.48. The fourth-order valence-corrected chi connectivity index (χ4v) is 1.28. The Hall–Kier alpha value is -1.18. The SMILES string of the molecule is C=C(C)CCCCC[N+](=O)C(=C)/C=C\C. The molecule has 0 atom stereocenters. The van der Waals surface area contributed by atoms with Gasteiger partial charge in [0.05, 0.1) is 0 Å². The van der Waals surface area contributed by atoms with Gasteiger partial charge in [-0.25, -0.2) is 0 Å². The highest BCUT2D eigenvalue weighted by Crippen LogP contribution is 2.07. The maximum atomic E-state index is 11.4. The third kappa shape index (κ3) is 7.86. The molecule has 0 aliphatic heterocycles. The van der Waals surface area contributed by atoms with Gasteiger partial charge in [-0.1, -0.05) is 11.6 Å². The smallest absolute Gasteiger partial charge is 0.100 e. The van der Waals surface area contributed by atoms with Crippen LogP contribution in [0.1, 0.15) is 39.5 Å². The van der Waals surface area contributed by atoms with Crippen LogP contribution in [0.5, 0.6) is 0 Å². The molecule has 0 heterocycles. The van der Waals surface area contributed by atoms with Crippen molar-refractivity contribution in [2.45, 2.75) is 39.5 Å². The van der Waals surface area contributed by atoms with Gasteiger partial charge in [0.1, 0.15) is 0 Å². The molecular formula is C13H22NO+. The highest BCUT2D eigenvalue weighted by Gasteiger charge is 2.10. The molecule has 0 bridgehead atoms. The lowest BCUT2D eigenvalue weighted by Crippen LogP contribution is -2.07. The van der Waals surface area contributed by atoms with E-state index in [0.717, 1.165) is 30.4 Å².